The van der Waals surface area contributed by atoms with Gasteiger partial charge in [0, 0.05) is 5.70 Å². The third-order valence-electron chi connectivity index (χ3n) is 11.2. The molecule has 260 valence electrons. The Morgan fingerprint density at radius 2 is 0.909 bits per heavy atom. The van der Waals surface area contributed by atoms with Gasteiger partial charge in [-0.1, -0.05) is 212 Å². The predicted molar refractivity (Wildman–Crippen MR) is 228 cm³/mol. The Hall–Kier alpha value is -7.03. The van der Waals surface area contributed by atoms with Crippen molar-refractivity contribution < 1.29 is 0 Å². The quantitative estimate of drug-likeness (QED) is 0.183. The Morgan fingerprint density at radius 3 is 1.62 bits per heavy atom. The molecule has 10 rings (SSSR count). The average Bonchev–Trinajstić information content (AvgIpc) is 3.28. The molecule has 55 heavy (non-hydrogen) atoms. The lowest BCUT2D eigenvalue weighted by atomic mass is 9.60. The highest BCUT2D eigenvalue weighted by Crippen LogP contribution is 2.56. The molecule has 2 unspecified atom stereocenters. The van der Waals surface area contributed by atoms with Gasteiger partial charge < -0.3 is 5.32 Å². The number of nitrogens with zero attached hydrogens (tertiary/aromatic N) is 1. The van der Waals surface area contributed by atoms with E-state index >= 15 is 0 Å². The summed E-state index contributed by atoms with van der Waals surface area (Å²) in [6, 6.07) is 77.1. The van der Waals surface area contributed by atoms with E-state index in [1.54, 1.807) is 0 Å². The molecule has 2 atom stereocenters. The fourth-order valence-electron chi connectivity index (χ4n) is 8.81. The van der Waals surface area contributed by atoms with Gasteiger partial charge >= 0.3 is 0 Å². The van der Waals surface area contributed by atoms with Gasteiger partial charge in [0.1, 0.15) is 6.17 Å². The zero-order valence-electron chi connectivity index (χ0n) is 30.3. The van der Waals surface area contributed by atoms with Crippen LogP contribution < -0.4 is 5.32 Å². The largest absolute Gasteiger partial charge is 0.360 e. The number of fused-ring (bicyclic) bond motifs is 6. The van der Waals surface area contributed by atoms with Gasteiger partial charge in [-0.2, -0.15) is 0 Å². The van der Waals surface area contributed by atoms with Crippen LogP contribution in [0.15, 0.2) is 223 Å². The summed E-state index contributed by atoms with van der Waals surface area (Å²) in [6.45, 7) is 0. The van der Waals surface area contributed by atoms with Crippen LogP contribution in [-0.4, -0.2) is 5.71 Å². The summed E-state index contributed by atoms with van der Waals surface area (Å²) in [5.41, 5.74) is 16.9. The Bertz CT molecular complexity index is 2710. The van der Waals surface area contributed by atoms with E-state index in [1.807, 2.05) is 0 Å². The first kappa shape index (κ1) is 32.6. The molecule has 2 bridgehead atoms. The van der Waals surface area contributed by atoms with Crippen LogP contribution in [0, 0.1) is 0 Å². The molecule has 2 nitrogen and oxygen atoms in total. The van der Waals surface area contributed by atoms with E-state index in [0.717, 1.165) is 28.1 Å². The molecule has 0 saturated heterocycles. The van der Waals surface area contributed by atoms with Crippen molar-refractivity contribution in [2.24, 2.45) is 4.99 Å². The maximum absolute atomic E-state index is 5.41. The van der Waals surface area contributed by atoms with E-state index in [-0.39, 0.29) is 6.17 Å². The molecule has 2 heteroatoms. The summed E-state index contributed by atoms with van der Waals surface area (Å²) in [6.07, 6.45) is 1.86. The predicted octanol–water partition coefficient (Wildman–Crippen LogP) is 12.5. The van der Waals surface area contributed by atoms with E-state index in [1.165, 1.54) is 55.6 Å². The Morgan fingerprint density at radius 1 is 0.400 bits per heavy atom. The van der Waals surface area contributed by atoms with Crippen molar-refractivity contribution >= 4 is 11.4 Å². The van der Waals surface area contributed by atoms with Gasteiger partial charge in [-0.05, 0) is 78.4 Å². The summed E-state index contributed by atoms with van der Waals surface area (Å²) in [4.78, 5) is 5.41. The molecule has 8 aromatic rings. The Balaban J connectivity index is 1.27. The highest BCUT2D eigenvalue weighted by Gasteiger charge is 2.44. The molecular formula is C53H38N2. The maximum atomic E-state index is 5.41. The second-order valence-electron chi connectivity index (χ2n) is 14.3. The minimum Gasteiger partial charge on any atom is -0.360 e. The second kappa shape index (κ2) is 13.7. The molecule has 0 spiro atoms. The molecule has 0 aromatic heterocycles. The van der Waals surface area contributed by atoms with Gasteiger partial charge in [0.2, 0.25) is 0 Å². The van der Waals surface area contributed by atoms with Crippen LogP contribution >= 0.6 is 0 Å². The fourth-order valence-corrected chi connectivity index (χ4v) is 8.81. The molecule has 1 aliphatic carbocycles. The summed E-state index contributed by atoms with van der Waals surface area (Å²) in [5.74, 6) is 0. The van der Waals surface area contributed by atoms with Gasteiger partial charge in [0.15, 0.2) is 0 Å². The molecule has 0 radical (unpaired) electrons. The zero-order chi connectivity index (χ0) is 36.6. The van der Waals surface area contributed by atoms with Crippen LogP contribution in [0.5, 0.6) is 0 Å². The lowest BCUT2D eigenvalue weighted by Crippen LogP contribution is -2.33. The SMILES string of the molecule is C1=C(c2ccccc2)NC(c2cccc(C3(c4ccccc4)c4ccccc4-c4ccccc4-c4cccc3c4-c3ccccc3)c2)N=C1c1ccccc1. The first-order valence-corrected chi connectivity index (χ1v) is 19.0. The molecule has 2 aliphatic rings. The normalized spacial score (nSPS) is 17.0. The van der Waals surface area contributed by atoms with Crippen LogP contribution in [0.25, 0.3) is 39.1 Å². The number of hydrogen-bond donors (Lipinski definition) is 1. The van der Waals surface area contributed by atoms with E-state index < -0.39 is 5.41 Å². The van der Waals surface area contributed by atoms with Crippen LogP contribution in [0.4, 0.5) is 0 Å². The van der Waals surface area contributed by atoms with Gasteiger partial charge in [-0.25, -0.2) is 0 Å². The molecule has 1 heterocycles. The molecule has 0 fully saturated rings. The molecule has 8 aromatic carbocycles. The van der Waals surface area contributed by atoms with Crippen LogP contribution in [0.3, 0.4) is 0 Å². The third kappa shape index (κ3) is 5.54. The summed E-state index contributed by atoms with van der Waals surface area (Å²) < 4.78 is 0. The molecular weight excluding hydrogens is 665 g/mol. The lowest BCUT2D eigenvalue weighted by Gasteiger charge is -2.42. The van der Waals surface area contributed by atoms with Crippen molar-refractivity contribution in [3.05, 3.63) is 257 Å². The number of aliphatic imine (C=N–C) groups is 1. The number of rotatable bonds is 6. The number of benzene rings is 8. The van der Waals surface area contributed by atoms with Gasteiger partial charge in [0.05, 0.1) is 11.1 Å². The van der Waals surface area contributed by atoms with Crippen LogP contribution in [0.1, 0.15) is 45.1 Å². The molecule has 1 aliphatic heterocycles. The minimum absolute atomic E-state index is 0.312. The van der Waals surface area contributed by atoms with Crippen LogP contribution in [0.2, 0.25) is 0 Å². The number of hydrogen-bond acceptors (Lipinski definition) is 2. The Labute approximate surface area is 322 Å². The van der Waals surface area contributed by atoms with E-state index in [2.05, 4.69) is 224 Å². The third-order valence-corrected chi connectivity index (χ3v) is 11.2. The monoisotopic (exact) mass is 702 g/mol. The summed E-state index contributed by atoms with van der Waals surface area (Å²) in [5, 5.41) is 3.84. The number of nitrogens with one attached hydrogen (secondary N) is 1. The fraction of sp³-hybridized carbons (Fsp3) is 0.0377. The van der Waals surface area contributed by atoms with Gasteiger partial charge in [-0.3, -0.25) is 4.99 Å². The minimum atomic E-state index is -0.693. The molecule has 0 saturated carbocycles. The smallest absolute Gasteiger partial charge is 0.145 e. The van der Waals surface area contributed by atoms with Crippen LogP contribution in [-0.2, 0) is 5.41 Å². The maximum Gasteiger partial charge on any atom is 0.145 e. The van der Waals surface area contributed by atoms with E-state index in [0.29, 0.717) is 0 Å². The van der Waals surface area contributed by atoms with Crippen molar-refractivity contribution in [3.63, 3.8) is 0 Å². The first-order valence-electron chi connectivity index (χ1n) is 19.0. The average molecular weight is 703 g/mol. The van der Waals surface area contributed by atoms with Gasteiger partial charge in [-0.15, -0.1) is 0 Å². The van der Waals surface area contributed by atoms with Crippen molar-refractivity contribution in [2.45, 2.75) is 11.6 Å². The first-order chi connectivity index (χ1) is 27.3. The molecule has 0 amide bonds. The topological polar surface area (TPSA) is 24.4 Å². The highest BCUT2D eigenvalue weighted by atomic mass is 15.1. The lowest BCUT2D eigenvalue weighted by molar-refractivity contribution is 0.658. The number of allylic oxidation sites excluding steroid dienone is 1. The highest BCUT2D eigenvalue weighted by molar-refractivity contribution is 6.13. The zero-order valence-corrected chi connectivity index (χ0v) is 30.3. The van der Waals surface area contributed by atoms with Crippen molar-refractivity contribution in [2.75, 3.05) is 0 Å². The second-order valence-corrected chi connectivity index (χ2v) is 14.3. The summed E-state index contributed by atoms with van der Waals surface area (Å²) >= 11 is 0. The van der Waals surface area contributed by atoms with E-state index in [9.17, 15) is 0 Å². The molecule has 1 N–H and O–H groups in total. The Kier molecular flexibility index (Phi) is 8.15. The van der Waals surface area contributed by atoms with Gasteiger partial charge in [0.25, 0.3) is 0 Å². The standard InChI is InChI=1S/C53H38N2/c1-5-19-37(20-6-1)49-36-50(38-21-7-2-8-22-38)55-52(54-49)40-25-17-28-42(35-40)53(41-26-11-4-12-27-41)47-33-16-15-31-45(47)43-29-13-14-30-44(43)46-32-18-34-48(53)51(46)39-23-9-3-10-24-39/h1-36,52,54H. The summed E-state index contributed by atoms with van der Waals surface area (Å²) in [7, 11) is 0. The van der Waals surface area contributed by atoms with E-state index in [4.69, 9.17) is 4.99 Å². The van der Waals surface area contributed by atoms with Crippen molar-refractivity contribution in [1.82, 2.24) is 5.32 Å². The van der Waals surface area contributed by atoms with Crippen molar-refractivity contribution in [1.29, 1.82) is 0 Å². The van der Waals surface area contributed by atoms with Crippen molar-refractivity contribution in [3.8, 4) is 33.4 Å².